The first kappa shape index (κ1) is 15.4. The number of nitrogens with two attached hydrogens (primary N) is 1. The molecule has 1 amide bonds. The summed E-state index contributed by atoms with van der Waals surface area (Å²) < 4.78 is 0. The highest BCUT2D eigenvalue weighted by Crippen LogP contribution is 2.21. The quantitative estimate of drug-likeness (QED) is 0.701. The van der Waals surface area contributed by atoms with Gasteiger partial charge in [0.25, 0.3) is 5.91 Å². The Hall–Kier alpha value is -1.62. The zero-order chi connectivity index (χ0) is 14.3. The van der Waals surface area contributed by atoms with Crippen LogP contribution in [0.3, 0.4) is 0 Å². The van der Waals surface area contributed by atoms with Gasteiger partial charge in [-0.15, -0.1) is 0 Å². The van der Waals surface area contributed by atoms with E-state index in [1.54, 1.807) is 12.3 Å². The molecule has 1 aromatic heterocycles. The molecule has 0 spiro atoms. The van der Waals surface area contributed by atoms with Crippen LogP contribution in [0.15, 0.2) is 18.3 Å². The third-order valence-corrected chi connectivity index (χ3v) is 3.25. The van der Waals surface area contributed by atoms with Crippen LogP contribution >= 0.6 is 0 Å². The summed E-state index contributed by atoms with van der Waals surface area (Å²) in [5.74, 6) is -0.150. The number of nitrogens with one attached hydrogen (secondary N) is 2. The van der Waals surface area contributed by atoms with Crippen LogP contribution in [-0.2, 0) is 0 Å². The lowest BCUT2D eigenvalue weighted by molar-refractivity contribution is 0.0951. The highest BCUT2D eigenvalue weighted by Gasteiger charge is 2.21. The second kappa shape index (κ2) is 7.09. The number of carbonyl (C=O) groups is 1. The maximum Gasteiger partial charge on any atom is 0.269 e. The van der Waals surface area contributed by atoms with Gasteiger partial charge in [-0.3, -0.25) is 9.78 Å². The van der Waals surface area contributed by atoms with Gasteiger partial charge >= 0.3 is 0 Å². The molecule has 0 aromatic carbocycles. The molecule has 1 atom stereocenters. The summed E-state index contributed by atoms with van der Waals surface area (Å²) in [4.78, 5) is 15.8. The van der Waals surface area contributed by atoms with Crippen molar-refractivity contribution in [1.29, 1.82) is 0 Å². The maximum absolute atomic E-state index is 11.7. The number of carbonyl (C=O) groups excluding carboxylic acids is 1. The second-order valence-corrected chi connectivity index (χ2v) is 4.87. The lowest BCUT2D eigenvalue weighted by Gasteiger charge is -2.30. The Morgan fingerprint density at radius 2 is 2.21 bits per heavy atom. The van der Waals surface area contributed by atoms with Crippen molar-refractivity contribution in [2.24, 2.45) is 5.73 Å². The van der Waals surface area contributed by atoms with Gasteiger partial charge in [-0.25, -0.2) is 0 Å². The monoisotopic (exact) mass is 264 g/mol. The molecule has 4 N–H and O–H groups in total. The summed E-state index contributed by atoms with van der Waals surface area (Å²) in [6.45, 7) is 7.36. The van der Waals surface area contributed by atoms with E-state index in [4.69, 9.17) is 5.73 Å². The minimum Gasteiger partial charge on any atom is -0.380 e. The lowest BCUT2D eigenvalue weighted by Crippen LogP contribution is -2.36. The number of rotatable bonds is 7. The molecular formula is C14H24N4O. The number of hydrogen-bond acceptors (Lipinski definition) is 4. The average molecular weight is 264 g/mol. The Bertz CT molecular complexity index is 422. The molecule has 0 saturated carbocycles. The lowest BCUT2D eigenvalue weighted by atomic mass is 9.94. The molecule has 0 bridgehead atoms. The predicted octanol–water partition coefficient (Wildman–Crippen LogP) is 1.76. The van der Waals surface area contributed by atoms with Gasteiger partial charge in [-0.1, -0.05) is 6.92 Å². The van der Waals surface area contributed by atoms with Gasteiger partial charge < -0.3 is 16.4 Å². The molecule has 1 unspecified atom stereocenters. The second-order valence-electron chi connectivity index (χ2n) is 4.87. The fourth-order valence-corrected chi connectivity index (χ4v) is 1.88. The normalized spacial score (nSPS) is 13.7. The zero-order valence-electron chi connectivity index (χ0n) is 12.0. The van der Waals surface area contributed by atoms with Gasteiger partial charge in [-0.2, -0.15) is 0 Å². The molecule has 1 rings (SSSR count). The summed E-state index contributed by atoms with van der Waals surface area (Å²) in [7, 11) is 0. The van der Waals surface area contributed by atoms with Crippen LogP contribution in [0.25, 0.3) is 0 Å². The minimum absolute atomic E-state index is 0.0609. The van der Waals surface area contributed by atoms with Crippen molar-refractivity contribution in [3.63, 3.8) is 0 Å². The van der Waals surface area contributed by atoms with Gasteiger partial charge in [0, 0.05) is 24.0 Å². The smallest absolute Gasteiger partial charge is 0.269 e. The van der Waals surface area contributed by atoms with Crippen molar-refractivity contribution in [3.8, 4) is 0 Å². The highest BCUT2D eigenvalue weighted by molar-refractivity contribution is 5.93. The van der Waals surface area contributed by atoms with Crippen molar-refractivity contribution >= 4 is 11.6 Å². The fourth-order valence-electron chi connectivity index (χ4n) is 1.88. The Morgan fingerprint density at radius 1 is 1.47 bits per heavy atom. The van der Waals surface area contributed by atoms with E-state index in [9.17, 15) is 4.79 Å². The average Bonchev–Trinajstić information content (AvgIpc) is 2.39. The summed E-state index contributed by atoms with van der Waals surface area (Å²) in [6.07, 6.45) is 3.48. The molecule has 0 aliphatic heterocycles. The van der Waals surface area contributed by atoms with E-state index in [2.05, 4.69) is 29.5 Å². The number of aromatic nitrogens is 1. The number of pyridine rings is 1. The summed E-state index contributed by atoms with van der Waals surface area (Å²) in [5.41, 5.74) is 6.91. The first-order valence-corrected chi connectivity index (χ1v) is 6.77. The minimum atomic E-state index is -0.150. The van der Waals surface area contributed by atoms with E-state index in [0.29, 0.717) is 18.8 Å². The van der Waals surface area contributed by atoms with E-state index < -0.39 is 0 Å². The van der Waals surface area contributed by atoms with Gasteiger partial charge in [0.2, 0.25) is 0 Å². The predicted molar refractivity (Wildman–Crippen MR) is 78.2 cm³/mol. The number of amides is 1. The third kappa shape index (κ3) is 4.52. The van der Waals surface area contributed by atoms with Gasteiger partial charge in [0.1, 0.15) is 5.69 Å². The van der Waals surface area contributed by atoms with Crippen molar-refractivity contribution in [2.75, 3.05) is 18.4 Å². The van der Waals surface area contributed by atoms with Crippen LogP contribution in [0.2, 0.25) is 0 Å². The van der Waals surface area contributed by atoms with Crippen LogP contribution < -0.4 is 16.4 Å². The summed E-state index contributed by atoms with van der Waals surface area (Å²) in [5, 5.41) is 6.19. The summed E-state index contributed by atoms with van der Waals surface area (Å²) >= 11 is 0. The zero-order valence-corrected chi connectivity index (χ0v) is 12.0. The summed E-state index contributed by atoms with van der Waals surface area (Å²) in [6, 6.07) is 3.64. The van der Waals surface area contributed by atoms with Crippen molar-refractivity contribution in [2.45, 2.75) is 39.2 Å². The van der Waals surface area contributed by atoms with E-state index >= 15 is 0 Å². The Balaban J connectivity index is 2.84. The van der Waals surface area contributed by atoms with Crippen molar-refractivity contribution < 1.29 is 4.79 Å². The molecule has 1 aromatic rings. The molecule has 106 valence electrons. The van der Waals surface area contributed by atoms with Gasteiger partial charge in [0.15, 0.2) is 0 Å². The molecule has 0 fully saturated rings. The highest BCUT2D eigenvalue weighted by atomic mass is 16.1. The SMILES string of the molecule is CCNC(=O)c1cc(NC(C)(CC)CCN)ccn1. The number of hydrogen-bond donors (Lipinski definition) is 3. The van der Waals surface area contributed by atoms with Crippen molar-refractivity contribution in [1.82, 2.24) is 10.3 Å². The van der Waals surface area contributed by atoms with Crippen LogP contribution in [-0.4, -0.2) is 29.5 Å². The van der Waals surface area contributed by atoms with Gasteiger partial charge in [-0.05, 0) is 45.4 Å². The van der Waals surface area contributed by atoms with Crippen LogP contribution in [0.5, 0.6) is 0 Å². The third-order valence-electron chi connectivity index (χ3n) is 3.25. The van der Waals surface area contributed by atoms with Crippen LogP contribution in [0.1, 0.15) is 44.1 Å². The Labute approximate surface area is 115 Å². The van der Waals surface area contributed by atoms with E-state index in [-0.39, 0.29) is 11.4 Å². The molecule has 0 radical (unpaired) electrons. The van der Waals surface area contributed by atoms with E-state index in [1.807, 2.05) is 13.0 Å². The molecule has 0 saturated heterocycles. The van der Waals surface area contributed by atoms with Crippen LogP contribution in [0, 0.1) is 0 Å². The molecule has 0 aliphatic carbocycles. The first-order valence-electron chi connectivity index (χ1n) is 6.77. The maximum atomic E-state index is 11.7. The van der Waals surface area contributed by atoms with Gasteiger partial charge in [0.05, 0.1) is 0 Å². The van der Waals surface area contributed by atoms with Crippen molar-refractivity contribution in [3.05, 3.63) is 24.0 Å². The Kier molecular flexibility index (Phi) is 5.76. The molecule has 5 heteroatoms. The standard InChI is InChI=1S/C14H24N4O/c1-4-14(3,7-8-15)18-11-6-9-17-12(10-11)13(19)16-5-2/h6,9-10H,4-5,7-8,15H2,1-3H3,(H,16,19)(H,17,18). The van der Waals surface area contributed by atoms with E-state index in [1.165, 1.54) is 0 Å². The molecule has 5 nitrogen and oxygen atoms in total. The molecule has 1 heterocycles. The Morgan fingerprint density at radius 3 is 2.79 bits per heavy atom. The largest absolute Gasteiger partial charge is 0.380 e. The number of anilines is 1. The molecule has 0 aliphatic rings. The molecular weight excluding hydrogens is 240 g/mol. The first-order chi connectivity index (χ1) is 9.04. The number of nitrogens with zero attached hydrogens (tertiary/aromatic N) is 1. The van der Waals surface area contributed by atoms with Crippen LogP contribution in [0.4, 0.5) is 5.69 Å². The fraction of sp³-hybridized carbons (Fsp3) is 0.571. The topological polar surface area (TPSA) is 80.0 Å². The van der Waals surface area contributed by atoms with E-state index in [0.717, 1.165) is 18.5 Å². The molecule has 19 heavy (non-hydrogen) atoms.